The Kier molecular flexibility index (Phi) is 4.44. The summed E-state index contributed by atoms with van der Waals surface area (Å²) < 4.78 is 39.7. The lowest BCUT2D eigenvalue weighted by molar-refractivity contribution is 0.129. The van der Waals surface area contributed by atoms with Gasteiger partial charge in [-0.25, -0.2) is 12.8 Å². The molecule has 1 aromatic rings. The van der Waals surface area contributed by atoms with E-state index in [0.29, 0.717) is 5.57 Å². The number of sulfone groups is 1. The van der Waals surface area contributed by atoms with Gasteiger partial charge in [-0.15, -0.1) is 0 Å². The number of halogens is 1. The summed E-state index contributed by atoms with van der Waals surface area (Å²) in [6, 6.07) is 5.08. The van der Waals surface area contributed by atoms with Crippen LogP contribution in [-0.2, 0) is 9.84 Å². The van der Waals surface area contributed by atoms with Gasteiger partial charge in [-0.2, -0.15) is 5.10 Å². The minimum Gasteiger partial charge on any atom is -0.294 e. The van der Waals surface area contributed by atoms with Crippen molar-refractivity contribution in [3.8, 4) is 0 Å². The van der Waals surface area contributed by atoms with Crippen LogP contribution in [-0.4, -0.2) is 55.6 Å². The van der Waals surface area contributed by atoms with E-state index in [2.05, 4.69) is 16.1 Å². The highest BCUT2D eigenvalue weighted by Crippen LogP contribution is 2.34. The summed E-state index contributed by atoms with van der Waals surface area (Å²) in [7, 11) is -2.06. The fraction of sp³-hybridized carbons (Fsp3) is 0.421. The van der Waals surface area contributed by atoms with Crippen molar-refractivity contribution >= 4 is 14.9 Å². The van der Waals surface area contributed by atoms with Crippen molar-refractivity contribution < 1.29 is 12.8 Å². The molecule has 0 spiro atoms. The zero-order valence-corrected chi connectivity index (χ0v) is 15.5. The van der Waals surface area contributed by atoms with Gasteiger partial charge in [-0.3, -0.25) is 9.91 Å². The molecule has 3 aliphatic rings. The lowest BCUT2D eigenvalue weighted by Crippen LogP contribution is -2.50. The summed E-state index contributed by atoms with van der Waals surface area (Å²) >= 11 is 0. The zero-order chi connectivity index (χ0) is 18.3. The van der Waals surface area contributed by atoms with Gasteiger partial charge in [0.1, 0.15) is 5.82 Å². The standard InChI is InChI=1S/C19H22FN3O2S/c1-22-18-16(9-6-10-17(18)23-11-3-2-4-12-23)19(21-22)26(24,25)15-8-5-7-14(20)13-15/h5-10,13,17-18H,2-4,11-12H2,1H3. The monoisotopic (exact) mass is 375 g/mol. The molecule has 0 saturated carbocycles. The van der Waals surface area contributed by atoms with Gasteiger partial charge in [0.15, 0.2) is 5.04 Å². The molecule has 5 nitrogen and oxygen atoms in total. The normalized spacial score (nSPS) is 26.5. The van der Waals surface area contributed by atoms with Crippen molar-refractivity contribution in [1.82, 2.24) is 9.91 Å². The lowest BCUT2D eigenvalue weighted by Gasteiger charge is -2.39. The van der Waals surface area contributed by atoms with Gasteiger partial charge in [0.25, 0.3) is 0 Å². The van der Waals surface area contributed by atoms with Crippen molar-refractivity contribution in [2.45, 2.75) is 36.2 Å². The number of hydrogen-bond acceptors (Lipinski definition) is 5. The summed E-state index contributed by atoms with van der Waals surface area (Å²) in [5.74, 6) is -0.571. The van der Waals surface area contributed by atoms with Crippen LogP contribution >= 0.6 is 0 Å². The number of likely N-dealkylation sites (N-methyl/N-ethyl adjacent to an activating group) is 1. The maximum absolute atomic E-state index is 13.6. The van der Waals surface area contributed by atoms with Crippen molar-refractivity contribution in [3.05, 3.63) is 53.9 Å². The molecule has 0 bridgehead atoms. The molecule has 1 saturated heterocycles. The number of piperidine rings is 1. The van der Waals surface area contributed by atoms with Crippen molar-refractivity contribution in [1.29, 1.82) is 0 Å². The number of likely N-dealkylation sites (tertiary alicyclic amines) is 1. The Morgan fingerprint density at radius 2 is 1.96 bits per heavy atom. The Balaban J connectivity index is 1.69. The topological polar surface area (TPSA) is 53.0 Å². The number of allylic oxidation sites excluding steroid dienone is 2. The van der Waals surface area contributed by atoms with Crippen LogP contribution in [0.15, 0.2) is 58.1 Å². The third-order valence-electron chi connectivity index (χ3n) is 5.30. The van der Waals surface area contributed by atoms with E-state index in [1.807, 2.05) is 19.2 Å². The molecule has 0 radical (unpaired) electrons. The molecule has 4 rings (SSSR count). The third kappa shape index (κ3) is 2.89. The average Bonchev–Trinajstić information content (AvgIpc) is 3.00. The quantitative estimate of drug-likeness (QED) is 0.797. The molecular formula is C19H22FN3O2S. The van der Waals surface area contributed by atoms with Crippen molar-refractivity contribution in [2.75, 3.05) is 20.1 Å². The van der Waals surface area contributed by atoms with Crippen LogP contribution in [0, 0.1) is 5.82 Å². The predicted octanol–water partition coefficient (Wildman–Crippen LogP) is 2.58. The largest absolute Gasteiger partial charge is 0.294 e. The van der Waals surface area contributed by atoms with E-state index in [1.165, 1.54) is 24.6 Å². The van der Waals surface area contributed by atoms with Gasteiger partial charge in [0.2, 0.25) is 9.84 Å². The van der Waals surface area contributed by atoms with Gasteiger partial charge < -0.3 is 0 Å². The third-order valence-corrected chi connectivity index (χ3v) is 7.00. The molecule has 2 heterocycles. The molecule has 138 valence electrons. The molecule has 2 aliphatic heterocycles. The number of rotatable bonds is 2. The van der Waals surface area contributed by atoms with Crippen LogP contribution in [0.4, 0.5) is 4.39 Å². The van der Waals surface area contributed by atoms with E-state index in [1.54, 1.807) is 5.01 Å². The first-order valence-electron chi connectivity index (χ1n) is 8.93. The van der Waals surface area contributed by atoms with E-state index in [4.69, 9.17) is 0 Å². The highest BCUT2D eigenvalue weighted by atomic mass is 32.2. The van der Waals surface area contributed by atoms with Crippen LogP contribution in [0.3, 0.4) is 0 Å². The van der Waals surface area contributed by atoms with Crippen LogP contribution in [0.25, 0.3) is 0 Å². The second-order valence-electron chi connectivity index (χ2n) is 6.98. The molecule has 26 heavy (non-hydrogen) atoms. The highest BCUT2D eigenvalue weighted by Gasteiger charge is 2.43. The molecule has 2 unspecified atom stereocenters. The van der Waals surface area contributed by atoms with Gasteiger partial charge in [0.05, 0.1) is 17.0 Å². The minimum atomic E-state index is -3.87. The predicted molar refractivity (Wildman–Crippen MR) is 99.0 cm³/mol. The average molecular weight is 375 g/mol. The van der Waals surface area contributed by atoms with Crippen LogP contribution in [0.2, 0.25) is 0 Å². The van der Waals surface area contributed by atoms with Crippen LogP contribution in [0.1, 0.15) is 19.3 Å². The van der Waals surface area contributed by atoms with Crippen molar-refractivity contribution in [3.63, 3.8) is 0 Å². The number of hydrazone groups is 1. The molecule has 1 aromatic carbocycles. The van der Waals surface area contributed by atoms with E-state index in [9.17, 15) is 12.8 Å². The van der Waals surface area contributed by atoms with E-state index in [-0.39, 0.29) is 22.0 Å². The van der Waals surface area contributed by atoms with Gasteiger partial charge in [-0.05, 0) is 44.1 Å². The second-order valence-corrected chi connectivity index (χ2v) is 8.84. The van der Waals surface area contributed by atoms with Crippen LogP contribution in [0.5, 0.6) is 0 Å². The first-order valence-corrected chi connectivity index (χ1v) is 10.4. The van der Waals surface area contributed by atoms with Crippen LogP contribution < -0.4 is 0 Å². The maximum Gasteiger partial charge on any atom is 0.226 e. The highest BCUT2D eigenvalue weighted by molar-refractivity contribution is 8.07. The lowest BCUT2D eigenvalue weighted by atomic mass is 9.92. The van der Waals surface area contributed by atoms with Gasteiger partial charge >= 0.3 is 0 Å². The SMILES string of the molecule is CN1N=C(S(=O)(=O)c2cccc(F)c2)C2=CC=CC(N3CCCCC3)C21. The smallest absolute Gasteiger partial charge is 0.226 e. The number of benzene rings is 1. The number of nitrogens with zero attached hydrogens (tertiary/aromatic N) is 3. The molecule has 7 heteroatoms. The second kappa shape index (κ2) is 6.63. The zero-order valence-electron chi connectivity index (χ0n) is 14.7. The molecule has 0 amide bonds. The maximum atomic E-state index is 13.6. The van der Waals surface area contributed by atoms with E-state index >= 15 is 0 Å². The van der Waals surface area contributed by atoms with Gasteiger partial charge in [0, 0.05) is 12.6 Å². The molecule has 1 fully saturated rings. The summed E-state index contributed by atoms with van der Waals surface area (Å²) in [6.07, 6.45) is 9.44. The number of fused-ring (bicyclic) bond motifs is 1. The van der Waals surface area contributed by atoms with E-state index < -0.39 is 15.7 Å². The van der Waals surface area contributed by atoms with E-state index in [0.717, 1.165) is 32.0 Å². The van der Waals surface area contributed by atoms with Crippen molar-refractivity contribution in [2.24, 2.45) is 5.10 Å². The molecule has 1 aliphatic carbocycles. The Hall–Kier alpha value is -1.99. The Bertz CT molecular complexity index is 901. The van der Waals surface area contributed by atoms with Gasteiger partial charge in [-0.1, -0.05) is 30.7 Å². The first-order chi connectivity index (χ1) is 12.5. The Morgan fingerprint density at radius 3 is 2.69 bits per heavy atom. The fourth-order valence-electron chi connectivity index (χ4n) is 4.04. The molecule has 0 aromatic heterocycles. The summed E-state index contributed by atoms with van der Waals surface area (Å²) in [5, 5.41) is 6.13. The Labute approximate surface area is 153 Å². The Morgan fingerprint density at radius 1 is 1.19 bits per heavy atom. The minimum absolute atomic E-state index is 0.0296. The summed E-state index contributed by atoms with van der Waals surface area (Å²) in [6.45, 7) is 2.03. The summed E-state index contributed by atoms with van der Waals surface area (Å²) in [4.78, 5) is 2.34. The fourth-order valence-corrected chi connectivity index (χ4v) is 5.52. The molecular weight excluding hydrogens is 353 g/mol. The molecule has 0 N–H and O–H groups in total. The first kappa shape index (κ1) is 17.4. The molecule has 2 atom stereocenters. The number of hydrogen-bond donors (Lipinski definition) is 0. The summed E-state index contributed by atoms with van der Waals surface area (Å²) in [5.41, 5.74) is 0.690.